The molecule has 0 aromatic heterocycles. The number of amides is 2. The van der Waals surface area contributed by atoms with Crippen LogP contribution in [0.15, 0.2) is 24.3 Å². The highest BCUT2D eigenvalue weighted by atomic mass is 35.5. The second kappa shape index (κ2) is 12.2. The number of urea groups is 1. The smallest absolute Gasteiger partial charge is 0.319 e. The van der Waals surface area contributed by atoms with E-state index in [1.54, 1.807) is 18.2 Å². The van der Waals surface area contributed by atoms with E-state index in [1.165, 1.54) is 6.07 Å². The number of hydrogen-bond acceptors (Lipinski definition) is 10. The zero-order valence-corrected chi connectivity index (χ0v) is 19.6. The van der Waals surface area contributed by atoms with Crippen molar-refractivity contribution in [2.75, 3.05) is 11.9 Å². The first-order valence-corrected chi connectivity index (χ1v) is 10.5. The molecule has 2 amide bonds. The zero-order valence-electron chi connectivity index (χ0n) is 18.9. The van der Waals surface area contributed by atoms with E-state index in [1.807, 2.05) is 0 Å². The molecule has 1 aromatic carbocycles. The SMILES string of the molecule is CC(=O)OC[C@H]1O[C@H](OC(C)=O)[C@H](NC(=O)Nc2cccc(Cl)c2)[C@@H](OC(C)=O)[C@@H]1OC(C)=O. The molecule has 13 heteroatoms. The molecule has 2 N–H and O–H groups in total. The molecular formula is C21H25ClN2O10. The van der Waals surface area contributed by atoms with Gasteiger partial charge in [0.1, 0.15) is 18.8 Å². The molecule has 0 bridgehead atoms. The Morgan fingerprint density at radius 3 is 2.09 bits per heavy atom. The average Bonchev–Trinajstić information content (AvgIpc) is 2.70. The minimum Gasteiger partial charge on any atom is -0.463 e. The maximum atomic E-state index is 12.7. The molecule has 0 radical (unpaired) electrons. The van der Waals surface area contributed by atoms with Crippen LogP contribution in [0.3, 0.4) is 0 Å². The van der Waals surface area contributed by atoms with Gasteiger partial charge in [0.15, 0.2) is 12.2 Å². The van der Waals surface area contributed by atoms with Crippen molar-refractivity contribution < 1.29 is 47.7 Å². The number of nitrogens with one attached hydrogen (secondary N) is 2. The molecule has 12 nitrogen and oxygen atoms in total. The van der Waals surface area contributed by atoms with Gasteiger partial charge in [-0.05, 0) is 18.2 Å². The molecule has 2 rings (SSSR count). The first-order chi connectivity index (χ1) is 16.0. The molecule has 1 aliphatic rings. The summed E-state index contributed by atoms with van der Waals surface area (Å²) in [6.45, 7) is 4.06. The maximum Gasteiger partial charge on any atom is 0.319 e. The number of benzene rings is 1. The number of carbonyl (C=O) groups is 5. The average molecular weight is 501 g/mol. The molecule has 1 aromatic rings. The number of ether oxygens (including phenoxy) is 5. The molecule has 1 aliphatic heterocycles. The van der Waals surface area contributed by atoms with Crippen LogP contribution < -0.4 is 10.6 Å². The molecule has 5 atom stereocenters. The Kier molecular flexibility index (Phi) is 9.63. The molecule has 0 spiro atoms. The molecule has 0 saturated carbocycles. The standard InChI is InChI=1S/C21H25ClN2O10/c1-10(25)30-9-16-18(31-11(2)26)19(32-12(3)27)17(20(34-16)33-13(4)28)24-21(29)23-15-7-5-6-14(22)8-15/h5-8,16-20H,9H2,1-4H3,(H2,23,24,29)/t16-,17-,18-,19-,20+/m1/s1. The lowest BCUT2D eigenvalue weighted by molar-refractivity contribution is -0.270. The maximum absolute atomic E-state index is 12.7. The van der Waals surface area contributed by atoms with E-state index in [9.17, 15) is 24.0 Å². The first kappa shape index (κ1) is 26.9. The number of esters is 4. The van der Waals surface area contributed by atoms with Gasteiger partial charge in [-0.3, -0.25) is 19.2 Å². The van der Waals surface area contributed by atoms with Crippen LogP contribution in [0.2, 0.25) is 5.02 Å². The van der Waals surface area contributed by atoms with Gasteiger partial charge in [0.05, 0.1) is 0 Å². The minimum atomic E-state index is -1.49. The highest BCUT2D eigenvalue weighted by Gasteiger charge is 2.52. The molecule has 1 saturated heterocycles. The summed E-state index contributed by atoms with van der Waals surface area (Å²) in [4.78, 5) is 59.4. The van der Waals surface area contributed by atoms with Crippen molar-refractivity contribution in [2.45, 2.75) is 58.3 Å². The summed E-state index contributed by atoms with van der Waals surface area (Å²) >= 11 is 5.93. The molecule has 1 heterocycles. The minimum absolute atomic E-state index is 0.346. The number of anilines is 1. The second-order valence-electron chi connectivity index (χ2n) is 7.24. The fraction of sp³-hybridized carbons (Fsp3) is 0.476. The number of hydrogen-bond donors (Lipinski definition) is 2. The Balaban J connectivity index is 2.38. The van der Waals surface area contributed by atoms with Crippen LogP contribution in [0.25, 0.3) is 0 Å². The van der Waals surface area contributed by atoms with Crippen LogP contribution in [0, 0.1) is 0 Å². The molecular weight excluding hydrogens is 476 g/mol. The molecule has 186 valence electrons. The Labute approximate surface area is 200 Å². The summed E-state index contributed by atoms with van der Waals surface area (Å²) in [6, 6.07) is 4.19. The number of halogens is 1. The lowest BCUT2D eigenvalue weighted by Crippen LogP contribution is -2.67. The third kappa shape index (κ3) is 8.19. The van der Waals surface area contributed by atoms with Crippen molar-refractivity contribution >= 4 is 47.2 Å². The van der Waals surface area contributed by atoms with E-state index in [2.05, 4.69) is 10.6 Å². The Morgan fingerprint density at radius 1 is 0.912 bits per heavy atom. The van der Waals surface area contributed by atoms with Gasteiger partial charge in [-0.2, -0.15) is 0 Å². The number of carbonyl (C=O) groups excluding carboxylic acids is 5. The second-order valence-corrected chi connectivity index (χ2v) is 7.67. The zero-order chi connectivity index (χ0) is 25.4. The fourth-order valence-corrected chi connectivity index (χ4v) is 3.40. The Hall–Kier alpha value is -3.38. The van der Waals surface area contributed by atoms with E-state index in [0.29, 0.717) is 10.7 Å². The van der Waals surface area contributed by atoms with Crippen LogP contribution in [0.1, 0.15) is 27.7 Å². The highest BCUT2D eigenvalue weighted by molar-refractivity contribution is 6.30. The molecule has 0 unspecified atom stereocenters. The van der Waals surface area contributed by atoms with Gasteiger partial charge < -0.3 is 34.3 Å². The van der Waals surface area contributed by atoms with Gasteiger partial charge in [-0.15, -0.1) is 0 Å². The summed E-state index contributed by atoms with van der Waals surface area (Å²) in [5.41, 5.74) is 0.346. The van der Waals surface area contributed by atoms with E-state index < -0.39 is 67.2 Å². The fourth-order valence-electron chi connectivity index (χ4n) is 3.20. The van der Waals surface area contributed by atoms with Gasteiger partial charge in [0.25, 0.3) is 0 Å². The third-order valence-corrected chi connectivity index (χ3v) is 4.60. The number of rotatable bonds is 7. The summed E-state index contributed by atoms with van der Waals surface area (Å²) in [7, 11) is 0. The van der Waals surface area contributed by atoms with Crippen LogP contribution in [-0.4, -0.2) is 67.2 Å². The topological polar surface area (TPSA) is 156 Å². The van der Waals surface area contributed by atoms with Gasteiger partial charge in [0, 0.05) is 38.4 Å². The van der Waals surface area contributed by atoms with Crippen molar-refractivity contribution in [1.29, 1.82) is 0 Å². The van der Waals surface area contributed by atoms with Crippen LogP contribution in [0.5, 0.6) is 0 Å². The van der Waals surface area contributed by atoms with Gasteiger partial charge in [-0.1, -0.05) is 17.7 Å². The lowest BCUT2D eigenvalue weighted by atomic mass is 9.96. The van der Waals surface area contributed by atoms with Gasteiger partial charge in [-0.25, -0.2) is 4.79 Å². The third-order valence-electron chi connectivity index (χ3n) is 4.36. The van der Waals surface area contributed by atoms with Crippen molar-refractivity contribution in [2.24, 2.45) is 0 Å². The lowest BCUT2D eigenvalue weighted by Gasteiger charge is -2.44. The van der Waals surface area contributed by atoms with E-state index in [4.69, 9.17) is 35.3 Å². The summed E-state index contributed by atoms with van der Waals surface area (Å²) < 4.78 is 26.5. The van der Waals surface area contributed by atoms with E-state index >= 15 is 0 Å². The summed E-state index contributed by atoms with van der Waals surface area (Å²) in [5.74, 6) is -2.96. The quantitative estimate of drug-likeness (QED) is 0.416. The van der Waals surface area contributed by atoms with Gasteiger partial charge in [0.2, 0.25) is 6.29 Å². The summed E-state index contributed by atoms with van der Waals surface area (Å²) in [6.07, 6.45) is -5.36. The monoisotopic (exact) mass is 500 g/mol. The van der Waals surface area contributed by atoms with E-state index in [0.717, 1.165) is 27.7 Å². The summed E-state index contributed by atoms with van der Waals surface area (Å²) in [5, 5.41) is 5.42. The largest absolute Gasteiger partial charge is 0.463 e. The predicted octanol–water partition coefficient (Wildman–Crippen LogP) is 1.54. The van der Waals surface area contributed by atoms with Crippen molar-refractivity contribution in [1.82, 2.24) is 5.32 Å². The van der Waals surface area contributed by atoms with Crippen LogP contribution in [0.4, 0.5) is 10.5 Å². The first-order valence-electron chi connectivity index (χ1n) is 10.1. The normalized spacial score (nSPS) is 23.7. The molecule has 1 fully saturated rings. The van der Waals surface area contributed by atoms with Crippen molar-refractivity contribution in [3.63, 3.8) is 0 Å². The highest BCUT2D eigenvalue weighted by Crippen LogP contribution is 2.28. The molecule has 0 aliphatic carbocycles. The van der Waals surface area contributed by atoms with Gasteiger partial charge >= 0.3 is 29.9 Å². The van der Waals surface area contributed by atoms with Crippen molar-refractivity contribution in [3.8, 4) is 0 Å². The predicted molar refractivity (Wildman–Crippen MR) is 116 cm³/mol. The van der Waals surface area contributed by atoms with Crippen molar-refractivity contribution in [3.05, 3.63) is 29.3 Å². The Bertz CT molecular complexity index is 940. The van der Waals surface area contributed by atoms with Crippen LogP contribution in [-0.2, 0) is 42.9 Å². The van der Waals surface area contributed by atoms with Crippen LogP contribution >= 0.6 is 11.6 Å². The van der Waals surface area contributed by atoms with E-state index in [-0.39, 0.29) is 0 Å². The molecule has 34 heavy (non-hydrogen) atoms. The Morgan fingerprint density at radius 2 is 1.53 bits per heavy atom.